The van der Waals surface area contributed by atoms with Crippen molar-refractivity contribution in [2.24, 2.45) is 0 Å². The fourth-order valence-corrected chi connectivity index (χ4v) is 1.75. The van der Waals surface area contributed by atoms with Crippen molar-refractivity contribution in [1.82, 2.24) is 0 Å². The van der Waals surface area contributed by atoms with Gasteiger partial charge in [0.05, 0.1) is 6.61 Å². The second-order valence-corrected chi connectivity index (χ2v) is 4.02. The largest absolute Gasteiger partial charge is 0.464 e. The molecule has 1 aromatic carbocycles. The van der Waals surface area contributed by atoms with Crippen molar-refractivity contribution < 1.29 is 14.6 Å². The quantitative estimate of drug-likeness (QED) is 0.829. The zero-order valence-corrected chi connectivity index (χ0v) is 10.3. The van der Waals surface area contributed by atoms with E-state index in [1.165, 1.54) is 0 Å². The van der Waals surface area contributed by atoms with Gasteiger partial charge in [0.2, 0.25) is 0 Å². The highest BCUT2D eigenvalue weighted by Gasteiger charge is 2.21. The van der Waals surface area contributed by atoms with E-state index in [0.717, 1.165) is 5.56 Å². The number of carbonyl (C=O) groups is 1. The third-order valence-corrected chi connectivity index (χ3v) is 2.73. The minimum Gasteiger partial charge on any atom is -0.464 e. The van der Waals surface area contributed by atoms with Gasteiger partial charge in [0, 0.05) is 5.02 Å². The van der Waals surface area contributed by atoms with Crippen LogP contribution in [-0.2, 0) is 9.53 Å². The molecule has 1 unspecified atom stereocenters. The van der Waals surface area contributed by atoms with E-state index < -0.39 is 12.1 Å². The van der Waals surface area contributed by atoms with Crippen LogP contribution in [0, 0.1) is 13.8 Å². The number of hydrogen-bond acceptors (Lipinski definition) is 3. The highest BCUT2D eigenvalue weighted by Crippen LogP contribution is 2.26. The van der Waals surface area contributed by atoms with Crippen LogP contribution < -0.4 is 0 Å². The summed E-state index contributed by atoms with van der Waals surface area (Å²) in [6.45, 7) is 5.56. The number of aliphatic hydroxyl groups is 1. The maximum atomic E-state index is 11.4. The molecule has 0 radical (unpaired) electrons. The summed E-state index contributed by atoms with van der Waals surface area (Å²) in [6, 6.07) is 3.53. The maximum absolute atomic E-state index is 11.4. The molecule has 0 aromatic heterocycles. The van der Waals surface area contributed by atoms with Crippen LogP contribution in [0.5, 0.6) is 0 Å². The second kappa shape index (κ2) is 5.32. The average molecular weight is 243 g/mol. The van der Waals surface area contributed by atoms with E-state index >= 15 is 0 Å². The normalized spacial score (nSPS) is 12.3. The zero-order chi connectivity index (χ0) is 12.3. The van der Waals surface area contributed by atoms with Gasteiger partial charge in [0.25, 0.3) is 0 Å². The van der Waals surface area contributed by atoms with Crippen LogP contribution in [0.4, 0.5) is 0 Å². The highest BCUT2D eigenvalue weighted by molar-refractivity contribution is 6.31. The number of carbonyl (C=O) groups excluding carboxylic acids is 1. The van der Waals surface area contributed by atoms with Crippen molar-refractivity contribution in [3.8, 4) is 0 Å². The summed E-state index contributed by atoms with van der Waals surface area (Å²) in [5.41, 5.74) is 2.10. The number of aryl methyl sites for hydroxylation is 1. The number of ether oxygens (including phenoxy) is 1. The number of hydrogen-bond donors (Lipinski definition) is 1. The SMILES string of the molecule is CCOC(=O)C(O)c1cc(C)cc(Cl)c1C. The lowest BCUT2D eigenvalue weighted by molar-refractivity contribution is -0.153. The van der Waals surface area contributed by atoms with E-state index in [0.29, 0.717) is 16.1 Å². The summed E-state index contributed by atoms with van der Waals surface area (Å²) >= 11 is 5.98. The fourth-order valence-electron chi connectivity index (χ4n) is 1.47. The molecule has 0 bridgehead atoms. The standard InChI is InChI=1S/C12H15ClO3/c1-4-16-12(15)11(14)9-5-7(2)6-10(13)8(9)3/h5-6,11,14H,4H2,1-3H3. The van der Waals surface area contributed by atoms with Crippen LogP contribution in [-0.4, -0.2) is 17.7 Å². The molecule has 16 heavy (non-hydrogen) atoms. The van der Waals surface area contributed by atoms with Crippen molar-refractivity contribution in [2.45, 2.75) is 26.9 Å². The Bertz CT molecular complexity index is 401. The molecule has 1 rings (SSSR count). The molecule has 0 aliphatic rings. The molecule has 0 amide bonds. The molecule has 1 N–H and O–H groups in total. The molecule has 0 spiro atoms. The molecule has 0 fully saturated rings. The first-order chi connectivity index (χ1) is 7.47. The Balaban J connectivity index is 3.08. The van der Waals surface area contributed by atoms with E-state index in [-0.39, 0.29) is 6.61 Å². The van der Waals surface area contributed by atoms with Crippen LogP contribution >= 0.6 is 11.6 Å². The van der Waals surface area contributed by atoms with Crippen molar-refractivity contribution in [3.05, 3.63) is 33.8 Å². The Kier molecular flexibility index (Phi) is 4.33. The van der Waals surface area contributed by atoms with Gasteiger partial charge < -0.3 is 9.84 Å². The van der Waals surface area contributed by atoms with Crippen molar-refractivity contribution in [2.75, 3.05) is 6.61 Å². The van der Waals surface area contributed by atoms with Crippen molar-refractivity contribution >= 4 is 17.6 Å². The Morgan fingerprint density at radius 3 is 2.69 bits per heavy atom. The Morgan fingerprint density at radius 1 is 1.50 bits per heavy atom. The average Bonchev–Trinajstić information content (AvgIpc) is 2.22. The summed E-state index contributed by atoms with van der Waals surface area (Å²) in [5, 5.41) is 10.4. The van der Waals surface area contributed by atoms with E-state index in [1.807, 2.05) is 6.92 Å². The molecular formula is C12H15ClO3. The maximum Gasteiger partial charge on any atom is 0.339 e. The van der Waals surface area contributed by atoms with Gasteiger partial charge in [0.1, 0.15) is 0 Å². The first-order valence-corrected chi connectivity index (χ1v) is 5.46. The fraction of sp³-hybridized carbons (Fsp3) is 0.417. The summed E-state index contributed by atoms with van der Waals surface area (Å²) in [4.78, 5) is 11.4. The van der Waals surface area contributed by atoms with E-state index in [4.69, 9.17) is 16.3 Å². The van der Waals surface area contributed by atoms with E-state index in [9.17, 15) is 9.90 Å². The minimum absolute atomic E-state index is 0.245. The molecule has 0 saturated heterocycles. The molecular weight excluding hydrogens is 228 g/mol. The van der Waals surface area contributed by atoms with Crippen LogP contribution in [0.3, 0.4) is 0 Å². The van der Waals surface area contributed by atoms with Gasteiger partial charge in [-0.3, -0.25) is 0 Å². The lowest BCUT2D eigenvalue weighted by Crippen LogP contribution is -2.16. The first-order valence-electron chi connectivity index (χ1n) is 5.08. The molecule has 4 heteroatoms. The lowest BCUT2D eigenvalue weighted by Gasteiger charge is -2.14. The zero-order valence-electron chi connectivity index (χ0n) is 9.58. The molecule has 3 nitrogen and oxygen atoms in total. The Labute approximate surface area is 100.0 Å². The van der Waals surface area contributed by atoms with Gasteiger partial charge >= 0.3 is 5.97 Å². The third kappa shape index (κ3) is 2.74. The van der Waals surface area contributed by atoms with Gasteiger partial charge in [-0.2, -0.15) is 0 Å². The van der Waals surface area contributed by atoms with E-state index in [1.54, 1.807) is 26.0 Å². The molecule has 1 aromatic rings. The monoisotopic (exact) mass is 242 g/mol. The summed E-state index contributed by atoms with van der Waals surface area (Å²) in [6.07, 6.45) is -1.27. The molecule has 0 aliphatic carbocycles. The van der Waals surface area contributed by atoms with Crippen molar-refractivity contribution in [3.63, 3.8) is 0 Å². The summed E-state index contributed by atoms with van der Waals surface area (Å²) < 4.78 is 4.76. The Hall–Kier alpha value is -1.06. The van der Waals surface area contributed by atoms with E-state index in [2.05, 4.69) is 0 Å². The van der Waals surface area contributed by atoms with Crippen LogP contribution in [0.25, 0.3) is 0 Å². The summed E-state index contributed by atoms with van der Waals surface area (Å²) in [7, 11) is 0. The number of benzene rings is 1. The molecule has 0 saturated carbocycles. The van der Waals surface area contributed by atoms with Crippen LogP contribution in [0.2, 0.25) is 5.02 Å². The predicted molar refractivity (Wildman–Crippen MR) is 62.5 cm³/mol. The summed E-state index contributed by atoms with van der Waals surface area (Å²) in [5.74, 6) is -0.646. The van der Waals surface area contributed by atoms with Gasteiger partial charge in [-0.1, -0.05) is 17.7 Å². The second-order valence-electron chi connectivity index (χ2n) is 3.62. The van der Waals surface area contributed by atoms with Crippen LogP contribution in [0.1, 0.15) is 29.7 Å². The third-order valence-electron chi connectivity index (χ3n) is 2.33. The number of aliphatic hydroxyl groups excluding tert-OH is 1. The van der Waals surface area contributed by atoms with Crippen molar-refractivity contribution in [1.29, 1.82) is 0 Å². The smallest absolute Gasteiger partial charge is 0.339 e. The molecule has 88 valence electrons. The first kappa shape index (κ1) is 13.0. The highest BCUT2D eigenvalue weighted by atomic mass is 35.5. The number of esters is 1. The minimum atomic E-state index is -1.27. The topological polar surface area (TPSA) is 46.5 Å². The van der Waals surface area contributed by atoms with Gasteiger partial charge in [-0.15, -0.1) is 0 Å². The number of rotatable bonds is 3. The van der Waals surface area contributed by atoms with Gasteiger partial charge in [-0.05, 0) is 43.5 Å². The number of halogens is 1. The lowest BCUT2D eigenvalue weighted by atomic mass is 10.0. The van der Waals surface area contributed by atoms with Gasteiger partial charge in [0.15, 0.2) is 6.10 Å². The van der Waals surface area contributed by atoms with Gasteiger partial charge in [-0.25, -0.2) is 4.79 Å². The molecule has 0 heterocycles. The predicted octanol–water partition coefficient (Wildman–Crippen LogP) is 2.55. The molecule has 0 aliphatic heterocycles. The molecule has 1 atom stereocenters. The Morgan fingerprint density at radius 2 is 2.12 bits per heavy atom. The van der Waals surface area contributed by atoms with Crippen LogP contribution in [0.15, 0.2) is 12.1 Å².